The molecule has 3 rings (SSSR count). The summed E-state index contributed by atoms with van der Waals surface area (Å²) in [4.78, 5) is 12.9. The number of rotatable bonds is 6. The molecule has 2 N–H and O–H groups in total. The van der Waals surface area contributed by atoms with Crippen LogP contribution in [0.15, 0.2) is 48.1 Å². The van der Waals surface area contributed by atoms with Crippen LogP contribution in [0.5, 0.6) is 5.75 Å². The largest absolute Gasteiger partial charge is 0.491 e. The first kappa shape index (κ1) is 14.4. The zero-order chi connectivity index (χ0) is 15.2. The van der Waals surface area contributed by atoms with E-state index >= 15 is 0 Å². The van der Waals surface area contributed by atoms with Crippen LogP contribution in [0.4, 0.5) is 11.6 Å². The molecule has 2 aromatic heterocycles. The van der Waals surface area contributed by atoms with Crippen molar-refractivity contribution >= 4 is 23.0 Å². The fourth-order valence-corrected chi connectivity index (χ4v) is 2.45. The number of aliphatic hydroxyl groups excluding tert-OH is 1. The highest BCUT2D eigenvalue weighted by molar-refractivity contribution is 7.13. The molecule has 0 spiro atoms. The van der Waals surface area contributed by atoms with Crippen molar-refractivity contribution in [1.29, 1.82) is 0 Å². The summed E-state index contributed by atoms with van der Waals surface area (Å²) in [7, 11) is 0. The van der Waals surface area contributed by atoms with Gasteiger partial charge in [0, 0.05) is 29.5 Å². The van der Waals surface area contributed by atoms with Crippen LogP contribution in [0.3, 0.4) is 0 Å². The van der Waals surface area contributed by atoms with Gasteiger partial charge in [-0.05, 0) is 18.2 Å². The molecule has 0 saturated heterocycles. The number of nitrogens with one attached hydrogen (secondary N) is 1. The third kappa shape index (κ3) is 3.57. The number of nitrogens with zero attached hydrogens (tertiary/aromatic N) is 3. The number of hydrogen-bond acceptors (Lipinski definition) is 7. The van der Waals surface area contributed by atoms with Gasteiger partial charge < -0.3 is 15.2 Å². The molecule has 0 bridgehead atoms. The second kappa shape index (κ2) is 6.97. The highest BCUT2D eigenvalue weighted by Crippen LogP contribution is 2.23. The van der Waals surface area contributed by atoms with Crippen molar-refractivity contribution in [1.82, 2.24) is 15.0 Å². The summed E-state index contributed by atoms with van der Waals surface area (Å²) in [5.41, 5.74) is 1.59. The Morgan fingerprint density at radius 1 is 1.18 bits per heavy atom. The van der Waals surface area contributed by atoms with E-state index in [1.807, 2.05) is 35.7 Å². The van der Waals surface area contributed by atoms with E-state index in [0.29, 0.717) is 11.7 Å². The normalized spacial score (nSPS) is 10.4. The third-order valence-corrected chi connectivity index (χ3v) is 3.55. The van der Waals surface area contributed by atoms with Crippen molar-refractivity contribution in [3.05, 3.63) is 48.1 Å². The van der Waals surface area contributed by atoms with Crippen molar-refractivity contribution < 1.29 is 9.84 Å². The molecule has 0 atom stereocenters. The molecule has 0 unspecified atom stereocenters. The lowest BCUT2D eigenvalue weighted by molar-refractivity contribution is 0.201. The van der Waals surface area contributed by atoms with Gasteiger partial charge in [-0.2, -0.15) is 0 Å². The predicted octanol–water partition coefficient (Wildman–Crippen LogP) is 2.71. The summed E-state index contributed by atoms with van der Waals surface area (Å²) in [6.07, 6.45) is 3.44. The van der Waals surface area contributed by atoms with E-state index in [0.717, 1.165) is 16.4 Å². The van der Waals surface area contributed by atoms with Gasteiger partial charge in [-0.3, -0.25) is 0 Å². The van der Waals surface area contributed by atoms with Crippen LogP contribution in [0.1, 0.15) is 0 Å². The molecule has 6 nitrogen and oxygen atoms in total. The van der Waals surface area contributed by atoms with Crippen LogP contribution in [-0.4, -0.2) is 33.3 Å². The maximum Gasteiger partial charge on any atom is 0.227 e. The SMILES string of the molecule is OCCOc1cccc(Nc2nccc(-c3nccs3)n2)c1. The molecule has 7 heteroatoms. The van der Waals surface area contributed by atoms with Crippen LogP contribution < -0.4 is 10.1 Å². The topological polar surface area (TPSA) is 80.2 Å². The van der Waals surface area contributed by atoms with Gasteiger partial charge >= 0.3 is 0 Å². The highest BCUT2D eigenvalue weighted by atomic mass is 32.1. The molecule has 0 aliphatic heterocycles. The molecule has 0 saturated carbocycles. The molecule has 112 valence electrons. The van der Waals surface area contributed by atoms with E-state index in [9.17, 15) is 0 Å². The standard InChI is InChI=1S/C15H14N4O2S/c20-7-8-21-12-3-1-2-11(10-12)18-15-17-5-4-13(19-15)14-16-6-9-22-14/h1-6,9-10,20H,7-8H2,(H,17,18,19). The minimum absolute atomic E-state index is 0.0172. The number of anilines is 2. The van der Waals surface area contributed by atoms with Gasteiger partial charge in [0.15, 0.2) is 0 Å². The van der Waals surface area contributed by atoms with Gasteiger partial charge in [-0.25, -0.2) is 15.0 Å². The first-order valence-corrected chi connectivity index (χ1v) is 7.57. The number of ether oxygens (including phenoxy) is 1. The van der Waals surface area contributed by atoms with Gasteiger partial charge in [0.25, 0.3) is 0 Å². The number of aromatic nitrogens is 3. The first-order valence-electron chi connectivity index (χ1n) is 6.69. The molecule has 22 heavy (non-hydrogen) atoms. The smallest absolute Gasteiger partial charge is 0.227 e. The lowest BCUT2D eigenvalue weighted by Gasteiger charge is -2.08. The summed E-state index contributed by atoms with van der Waals surface area (Å²) in [5.74, 6) is 1.17. The van der Waals surface area contributed by atoms with E-state index in [4.69, 9.17) is 9.84 Å². The van der Waals surface area contributed by atoms with E-state index in [2.05, 4.69) is 20.3 Å². The van der Waals surface area contributed by atoms with Crippen LogP contribution in [0.2, 0.25) is 0 Å². The molecule has 0 amide bonds. The molecular weight excluding hydrogens is 300 g/mol. The van der Waals surface area contributed by atoms with Crippen LogP contribution >= 0.6 is 11.3 Å². The molecule has 0 aliphatic rings. The fourth-order valence-electron chi connectivity index (χ4n) is 1.84. The second-order valence-corrected chi connectivity index (χ2v) is 5.22. The fraction of sp³-hybridized carbons (Fsp3) is 0.133. The van der Waals surface area contributed by atoms with Crippen LogP contribution in [0.25, 0.3) is 10.7 Å². The van der Waals surface area contributed by atoms with Crippen molar-refractivity contribution in [3.8, 4) is 16.5 Å². The number of hydrogen-bond donors (Lipinski definition) is 2. The van der Waals surface area contributed by atoms with Crippen molar-refractivity contribution in [2.75, 3.05) is 18.5 Å². The van der Waals surface area contributed by atoms with E-state index < -0.39 is 0 Å². The van der Waals surface area contributed by atoms with Gasteiger partial charge in [0.1, 0.15) is 23.1 Å². The summed E-state index contributed by atoms with van der Waals surface area (Å²) in [6.45, 7) is 0.246. The molecule has 1 aromatic carbocycles. The van der Waals surface area contributed by atoms with Gasteiger partial charge in [-0.1, -0.05) is 6.07 Å². The minimum atomic E-state index is -0.0172. The Morgan fingerprint density at radius 3 is 2.95 bits per heavy atom. The summed E-state index contributed by atoms with van der Waals surface area (Å²) in [5, 5.41) is 14.7. The van der Waals surface area contributed by atoms with E-state index in [1.54, 1.807) is 12.4 Å². The van der Waals surface area contributed by atoms with Crippen molar-refractivity contribution in [3.63, 3.8) is 0 Å². The Kier molecular flexibility index (Phi) is 4.57. The maximum absolute atomic E-state index is 8.79. The Balaban J connectivity index is 1.77. The predicted molar refractivity (Wildman–Crippen MR) is 85.4 cm³/mol. The molecule has 2 heterocycles. The third-order valence-electron chi connectivity index (χ3n) is 2.76. The number of thiazole rings is 1. The van der Waals surface area contributed by atoms with Gasteiger partial charge in [0.05, 0.1) is 6.61 Å². The average Bonchev–Trinajstić information content (AvgIpc) is 3.08. The highest BCUT2D eigenvalue weighted by Gasteiger charge is 2.05. The Morgan fingerprint density at radius 2 is 2.14 bits per heavy atom. The van der Waals surface area contributed by atoms with Crippen LogP contribution in [-0.2, 0) is 0 Å². The summed E-state index contributed by atoms with van der Waals surface area (Å²) < 4.78 is 5.38. The van der Waals surface area contributed by atoms with Crippen molar-refractivity contribution in [2.45, 2.75) is 0 Å². The lowest BCUT2D eigenvalue weighted by Crippen LogP contribution is -2.02. The second-order valence-electron chi connectivity index (χ2n) is 4.33. The molecule has 0 radical (unpaired) electrons. The minimum Gasteiger partial charge on any atom is -0.491 e. The first-order chi connectivity index (χ1) is 10.8. The quantitative estimate of drug-likeness (QED) is 0.728. The lowest BCUT2D eigenvalue weighted by atomic mass is 10.3. The van der Waals surface area contributed by atoms with Gasteiger partial charge in [0.2, 0.25) is 5.95 Å². The van der Waals surface area contributed by atoms with E-state index in [-0.39, 0.29) is 13.2 Å². The monoisotopic (exact) mass is 314 g/mol. The van der Waals surface area contributed by atoms with Crippen molar-refractivity contribution in [2.24, 2.45) is 0 Å². The zero-order valence-electron chi connectivity index (χ0n) is 11.6. The molecule has 0 aliphatic carbocycles. The summed E-state index contributed by atoms with van der Waals surface area (Å²) in [6, 6.07) is 9.23. The Bertz CT molecular complexity index is 734. The van der Waals surface area contributed by atoms with E-state index in [1.165, 1.54) is 11.3 Å². The zero-order valence-corrected chi connectivity index (χ0v) is 12.5. The van der Waals surface area contributed by atoms with Crippen LogP contribution in [0, 0.1) is 0 Å². The summed E-state index contributed by atoms with van der Waals surface area (Å²) >= 11 is 1.53. The molecule has 0 fully saturated rings. The molecular formula is C15H14N4O2S. The Hall–Kier alpha value is -2.51. The number of benzene rings is 1. The maximum atomic E-state index is 8.79. The Labute approximate surface area is 131 Å². The van der Waals surface area contributed by atoms with Gasteiger partial charge in [-0.15, -0.1) is 11.3 Å². The molecule has 3 aromatic rings. The average molecular weight is 314 g/mol. The number of aliphatic hydroxyl groups is 1.